The van der Waals surface area contributed by atoms with E-state index in [9.17, 15) is 9.90 Å². The Morgan fingerprint density at radius 1 is 1.06 bits per heavy atom. The van der Waals surface area contributed by atoms with Crippen LogP contribution >= 0.6 is 0 Å². The number of nitrogens with zero attached hydrogens (tertiary/aromatic N) is 1. The molecule has 4 atom stereocenters. The fourth-order valence-electron chi connectivity index (χ4n) is 4.99. The SMILES string of the molecule is CCCCCCCC(=O)C[C@H](CN1[C@H](C)CC[C@H]1C)[C@H](O)c1ccc2c(c1)OCCO2. The minimum Gasteiger partial charge on any atom is -0.486 e. The van der Waals surface area contributed by atoms with Crippen molar-refractivity contribution in [3.63, 3.8) is 0 Å². The summed E-state index contributed by atoms with van der Waals surface area (Å²) in [7, 11) is 0. The Morgan fingerprint density at radius 2 is 1.74 bits per heavy atom. The van der Waals surface area contributed by atoms with Crippen LogP contribution in [0.3, 0.4) is 0 Å². The van der Waals surface area contributed by atoms with Gasteiger partial charge in [-0.2, -0.15) is 0 Å². The molecule has 0 unspecified atom stereocenters. The van der Waals surface area contributed by atoms with Crippen molar-refractivity contribution in [3.8, 4) is 11.5 Å². The normalized spacial score (nSPS) is 23.0. The van der Waals surface area contributed by atoms with Crippen molar-refractivity contribution < 1.29 is 19.4 Å². The molecule has 0 saturated carbocycles. The van der Waals surface area contributed by atoms with E-state index >= 15 is 0 Å². The monoisotopic (exact) mass is 431 g/mol. The second-order valence-corrected chi connectivity index (χ2v) is 9.49. The van der Waals surface area contributed by atoms with Gasteiger partial charge in [0.15, 0.2) is 11.5 Å². The maximum absolute atomic E-state index is 12.8. The Bertz CT molecular complexity index is 697. The van der Waals surface area contributed by atoms with Crippen LogP contribution < -0.4 is 9.47 Å². The summed E-state index contributed by atoms with van der Waals surface area (Å²) < 4.78 is 11.3. The average Bonchev–Trinajstić information content (AvgIpc) is 3.09. The van der Waals surface area contributed by atoms with Crippen molar-refractivity contribution in [1.29, 1.82) is 0 Å². The summed E-state index contributed by atoms with van der Waals surface area (Å²) in [6.07, 6.45) is 8.46. The Kier molecular flexibility index (Phi) is 9.21. The Labute approximate surface area is 188 Å². The summed E-state index contributed by atoms with van der Waals surface area (Å²) in [5, 5.41) is 11.3. The van der Waals surface area contributed by atoms with Gasteiger partial charge < -0.3 is 14.6 Å². The predicted octanol–water partition coefficient (Wildman–Crippen LogP) is 5.30. The molecule has 5 nitrogen and oxygen atoms in total. The van der Waals surface area contributed by atoms with E-state index in [4.69, 9.17) is 9.47 Å². The molecule has 0 radical (unpaired) electrons. The molecule has 0 aliphatic carbocycles. The van der Waals surface area contributed by atoms with Gasteiger partial charge in [-0.25, -0.2) is 0 Å². The van der Waals surface area contributed by atoms with Crippen LogP contribution in [0, 0.1) is 5.92 Å². The first-order chi connectivity index (χ1) is 15.0. The number of aliphatic hydroxyl groups is 1. The molecule has 1 N–H and O–H groups in total. The van der Waals surface area contributed by atoms with E-state index in [1.54, 1.807) is 0 Å². The zero-order valence-electron chi connectivity index (χ0n) is 19.6. The highest BCUT2D eigenvalue weighted by molar-refractivity contribution is 5.78. The van der Waals surface area contributed by atoms with Crippen LogP contribution in [-0.4, -0.2) is 47.6 Å². The van der Waals surface area contributed by atoms with E-state index in [0.29, 0.717) is 43.9 Å². The van der Waals surface area contributed by atoms with Gasteiger partial charge in [0, 0.05) is 37.4 Å². The quantitative estimate of drug-likeness (QED) is 0.455. The Morgan fingerprint density at radius 3 is 2.45 bits per heavy atom. The first-order valence-electron chi connectivity index (χ1n) is 12.3. The molecular weight excluding hydrogens is 390 g/mol. The number of hydrogen-bond acceptors (Lipinski definition) is 5. The molecule has 1 fully saturated rings. The topological polar surface area (TPSA) is 59.0 Å². The summed E-state index contributed by atoms with van der Waals surface area (Å²) in [5.41, 5.74) is 0.810. The maximum atomic E-state index is 12.8. The molecule has 0 amide bonds. The van der Waals surface area contributed by atoms with E-state index in [0.717, 1.165) is 30.7 Å². The number of Topliss-reactive ketones (excluding diaryl/α,β-unsaturated/α-hetero) is 1. The van der Waals surface area contributed by atoms with Gasteiger partial charge in [-0.3, -0.25) is 9.69 Å². The molecular formula is C26H41NO4. The van der Waals surface area contributed by atoms with Crippen molar-refractivity contribution in [1.82, 2.24) is 4.90 Å². The number of unbranched alkanes of at least 4 members (excludes halogenated alkanes) is 4. The highest BCUT2D eigenvalue weighted by Crippen LogP contribution is 2.36. The van der Waals surface area contributed by atoms with Crippen molar-refractivity contribution in [2.24, 2.45) is 5.92 Å². The van der Waals surface area contributed by atoms with E-state index in [1.807, 2.05) is 18.2 Å². The molecule has 0 bridgehead atoms. The molecule has 174 valence electrons. The van der Waals surface area contributed by atoms with Crippen LogP contribution in [0.4, 0.5) is 0 Å². The number of ketones is 1. The van der Waals surface area contributed by atoms with Crippen molar-refractivity contribution >= 4 is 5.78 Å². The number of hydrogen-bond donors (Lipinski definition) is 1. The molecule has 3 rings (SSSR count). The lowest BCUT2D eigenvalue weighted by Gasteiger charge is -2.33. The molecule has 0 spiro atoms. The number of fused-ring (bicyclic) bond motifs is 1. The van der Waals surface area contributed by atoms with E-state index in [1.165, 1.54) is 32.1 Å². The molecule has 2 heterocycles. The molecule has 0 aromatic heterocycles. The highest BCUT2D eigenvalue weighted by atomic mass is 16.6. The Hall–Kier alpha value is -1.59. The molecule has 5 heteroatoms. The Balaban J connectivity index is 1.68. The average molecular weight is 432 g/mol. The fraction of sp³-hybridized carbons (Fsp3) is 0.731. The van der Waals surface area contributed by atoms with Crippen LogP contribution in [0.15, 0.2) is 18.2 Å². The summed E-state index contributed by atoms with van der Waals surface area (Å²) in [6.45, 7) is 8.54. The van der Waals surface area contributed by atoms with Crippen LogP contribution in [-0.2, 0) is 4.79 Å². The molecule has 1 aromatic rings. The molecule has 31 heavy (non-hydrogen) atoms. The van der Waals surface area contributed by atoms with Gasteiger partial charge in [-0.15, -0.1) is 0 Å². The maximum Gasteiger partial charge on any atom is 0.161 e. The largest absolute Gasteiger partial charge is 0.486 e. The van der Waals surface area contributed by atoms with Gasteiger partial charge in [-0.1, -0.05) is 38.7 Å². The van der Waals surface area contributed by atoms with Crippen molar-refractivity contribution in [2.75, 3.05) is 19.8 Å². The van der Waals surface area contributed by atoms with Gasteiger partial charge in [0.25, 0.3) is 0 Å². The van der Waals surface area contributed by atoms with E-state index in [2.05, 4.69) is 25.7 Å². The smallest absolute Gasteiger partial charge is 0.161 e. The summed E-state index contributed by atoms with van der Waals surface area (Å²) in [4.78, 5) is 15.3. The second-order valence-electron chi connectivity index (χ2n) is 9.49. The van der Waals surface area contributed by atoms with E-state index in [-0.39, 0.29) is 11.7 Å². The predicted molar refractivity (Wildman–Crippen MR) is 124 cm³/mol. The highest BCUT2D eigenvalue weighted by Gasteiger charge is 2.33. The lowest BCUT2D eigenvalue weighted by Crippen LogP contribution is -2.39. The number of benzene rings is 1. The zero-order chi connectivity index (χ0) is 22.2. The van der Waals surface area contributed by atoms with E-state index < -0.39 is 6.10 Å². The molecule has 1 aromatic carbocycles. The number of carbonyl (C=O) groups is 1. The third kappa shape index (κ3) is 6.69. The second kappa shape index (κ2) is 11.9. The molecule has 1 saturated heterocycles. The van der Waals surface area contributed by atoms with Crippen LogP contribution in [0.1, 0.15) is 90.2 Å². The standard InChI is InChI=1S/C26H41NO4/c1-4-5-6-7-8-9-23(28)16-22(18-27-19(2)10-11-20(27)3)26(29)21-12-13-24-25(17-21)31-15-14-30-24/h12-13,17,19-20,22,26,29H,4-11,14-16,18H2,1-3H3/t19-,20-,22-,26-/m1/s1. The number of aliphatic hydroxyl groups excluding tert-OH is 1. The lowest BCUT2D eigenvalue weighted by atomic mass is 9.88. The first kappa shape index (κ1) is 24.1. The van der Waals surface area contributed by atoms with Gasteiger partial charge in [0.1, 0.15) is 19.0 Å². The summed E-state index contributed by atoms with van der Waals surface area (Å²) in [5.74, 6) is 1.57. The third-order valence-electron chi connectivity index (χ3n) is 6.98. The zero-order valence-corrected chi connectivity index (χ0v) is 19.6. The van der Waals surface area contributed by atoms with Gasteiger partial charge >= 0.3 is 0 Å². The van der Waals surface area contributed by atoms with Gasteiger partial charge in [0.05, 0.1) is 6.10 Å². The minimum absolute atomic E-state index is 0.117. The van der Waals surface area contributed by atoms with Crippen molar-refractivity contribution in [3.05, 3.63) is 23.8 Å². The van der Waals surface area contributed by atoms with Crippen LogP contribution in [0.25, 0.3) is 0 Å². The summed E-state index contributed by atoms with van der Waals surface area (Å²) >= 11 is 0. The first-order valence-corrected chi connectivity index (χ1v) is 12.3. The molecule has 2 aliphatic heterocycles. The summed E-state index contributed by atoms with van der Waals surface area (Å²) in [6, 6.07) is 6.67. The van der Waals surface area contributed by atoms with Crippen LogP contribution in [0.2, 0.25) is 0 Å². The van der Waals surface area contributed by atoms with Gasteiger partial charge in [-0.05, 0) is 50.8 Å². The molecule has 2 aliphatic rings. The number of rotatable bonds is 12. The fourth-order valence-corrected chi connectivity index (χ4v) is 4.99. The van der Waals surface area contributed by atoms with Crippen LogP contribution in [0.5, 0.6) is 11.5 Å². The lowest BCUT2D eigenvalue weighted by molar-refractivity contribution is -0.121. The van der Waals surface area contributed by atoms with Gasteiger partial charge in [0.2, 0.25) is 0 Å². The third-order valence-corrected chi connectivity index (χ3v) is 6.98. The number of likely N-dealkylation sites (tertiary alicyclic amines) is 1. The number of carbonyl (C=O) groups excluding carboxylic acids is 1. The minimum atomic E-state index is -0.695. The van der Waals surface area contributed by atoms with Crippen molar-refractivity contribution in [2.45, 2.75) is 96.7 Å². The number of ether oxygens (including phenoxy) is 2.